The molecule has 222 valence electrons. The fraction of sp³-hybridized carbons (Fsp3) is 0.375. The molecule has 1 aromatic heterocycles. The van der Waals surface area contributed by atoms with E-state index in [2.05, 4.69) is 15.2 Å². The average molecular weight is 582 g/mol. The van der Waals surface area contributed by atoms with Crippen LogP contribution in [0.4, 0.5) is 23.5 Å². The highest BCUT2D eigenvalue weighted by atomic mass is 19.4. The van der Waals surface area contributed by atoms with E-state index >= 15 is 0 Å². The quantitative estimate of drug-likeness (QED) is 0.216. The molecule has 2 heterocycles. The van der Waals surface area contributed by atoms with E-state index in [0.717, 1.165) is 44.5 Å². The van der Waals surface area contributed by atoms with Crippen LogP contribution in [0.2, 0.25) is 0 Å². The first-order chi connectivity index (χ1) is 20.2. The van der Waals surface area contributed by atoms with Crippen LogP contribution < -0.4 is 5.32 Å². The third kappa shape index (κ3) is 7.47. The predicted octanol–water partition coefficient (Wildman–Crippen LogP) is 6.56. The topological polar surface area (TPSA) is 53.4 Å². The van der Waals surface area contributed by atoms with Gasteiger partial charge >= 0.3 is 6.18 Å². The van der Waals surface area contributed by atoms with Gasteiger partial charge in [-0.15, -0.1) is 0 Å². The SMILES string of the molecule is CN(CC(CCN1CCC(Nc2nc3ccccc3n2CC(F)(F)F)CC1)c1ccc(F)cc1)C(=O)c1ccccc1. The summed E-state index contributed by atoms with van der Waals surface area (Å²) in [7, 11) is 1.79. The van der Waals surface area contributed by atoms with Crippen LogP contribution in [-0.2, 0) is 6.54 Å². The monoisotopic (exact) mass is 581 g/mol. The van der Waals surface area contributed by atoms with E-state index in [0.29, 0.717) is 23.1 Å². The Hall–Kier alpha value is -3.92. The summed E-state index contributed by atoms with van der Waals surface area (Å²) in [6.45, 7) is 1.75. The number of para-hydroxylation sites is 2. The lowest BCUT2D eigenvalue weighted by Gasteiger charge is -2.34. The number of imidazole rings is 1. The highest BCUT2D eigenvalue weighted by Crippen LogP contribution is 2.28. The molecule has 1 aliphatic rings. The van der Waals surface area contributed by atoms with Crippen LogP contribution in [0, 0.1) is 5.82 Å². The summed E-state index contributed by atoms with van der Waals surface area (Å²) >= 11 is 0. The lowest BCUT2D eigenvalue weighted by atomic mass is 9.94. The van der Waals surface area contributed by atoms with Crippen LogP contribution in [0.3, 0.4) is 0 Å². The van der Waals surface area contributed by atoms with E-state index in [1.807, 2.05) is 18.2 Å². The summed E-state index contributed by atoms with van der Waals surface area (Å²) < 4.78 is 54.9. The number of alkyl halides is 3. The number of rotatable bonds is 10. The van der Waals surface area contributed by atoms with Crippen molar-refractivity contribution in [2.24, 2.45) is 0 Å². The normalized spacial score (nSPS) is 15.5. The third-order valence-corrected chi connectivity index (χ3v) is 7.91. The molecule has 42 heavy (non-hydrogen) atoms. The fourth-order valence-electron chi connectivity index (χ4n) is 5.66. The molecule has 1 saturated heterocycles. The molecule has 0 bridgehead atoms. The predicted molar refractivity (Wildman–Crippen MR) is 156 cm³/mol. The number of halogens is 4. The number of anilines is 1. The maximum absolute atomic E-state index is 13.7. The fourth-order valence-corrected chi connectivity index (χ4v) is 5.66. The van der Waals surface area contributed by atoms with E-state index in [-0.39, 0.29) is 29.6 Å². The summed E-state index contributed by atoms with van der Waals surface area (Å²) in [4.78, 5) is 21.5. The van der Waals surface area contributed by atoms with E-state index < -0.39 is 12.7 Å². The zero-order valence-electron chi connectivity index (χ0n) is 23.5. The molecule has 5 rings (SSSR count). The number of hydrogen-bond acceptors (Lipinski definition) is 4. The Morgan fingerprint density at radius 1 is 1.00 bits per heavy atom. The second kappa shape index (κ2) is 12.9. The lowest BCUT2D eigenvalue weighted by Crippen LogP contribution is -2.41. The van der Waals surface area contributed by atoms with Gasteiger partial charge in [0.25, 0.3) is 5.91 Å². The smallest absolute Gasteiger partial charge is 0.353 e. The number of carbonyl (C=O) groups excluding carboxylic acids is 1. The molecular formula is C32H35F4N5O. The molecule has 1 atom stereocenters. The molecule has 1 N–H and O–H groups in total. The van der Waals surface area contributed by atoms with Crippen molar-refractivity contribution in [3.8, 4) is 0 Å². The second-order valence-electron chi connectivity index (χ2n) is 11.0. The Kier molecular flexibility index (Phi) is 9.11. The third-order valence-electron chi connectivity index (χ3n) is 7.91. The van der Waals surface area contributed by atoms with Crippen molar-refractivity contribution < 1.29 is 22.4 Å². The van der Waals surface area contributed by atoms with Crippen molar-refractivity contribution in [3.05, 3.63) is 95.8 Å². The van der Waals surface area contributed by atoms with Crippen molar-refractivity contribution in [3.63, 3.8) is 0 Å². The molecule has 4 aromatic rings. The number of fused-ring (bicyclic) bond motifs is 1. The number of benzene rings is 3. The van der Waals surface area contributed by atoms with Gasteiger partial charge in [-0.05, 0) is 67.8 Å². The Balaban J connectivity index is 1.20. The number of nitrogens with zero attached hydrogens (tertiary/aromatic N) is 4. The number of nitrogens with one attached hydrogen (secondary N) is 1. The first-order valence-corrected chi connectivity index (χ1v) is 14.2. The Labute approximate surface area is 242 Å². The molecule has 1 amide bonds. The Bertz CT molecular complexity index is 1460. The second-order valence-corrected chi connectivity index (χ2v) is 11.0. The average Bonchev–Trinajstić information content (AvgIpc) is 3.31. The molecule has 0 saturated carbocycles. The number of hydrogen-bond donors (Lipinski definition) is 1. The number of likely N-dealkylation sites (tertiary alicyclic amines) is 1. The summed E-state index contributed by atoms with van der Waals surface area (Å²) in [5.74, 6) is -0.105. The van der Waals surface area contributed by atoms with E-state index in [9.17, 15) is 22.4 Å². The van der Waals surface area contributed by atoms with E-state index in [1.165, 1.54) is 16.7 Å². The summed E-state index contributed by atoms with van der Waals surface area (Å²) in [6.07, 6.45) is -2.05. The van der Waals surface area contributed by atoms with Crippen molar-refractivity contribution in [2.45, 2.75) is 43.9 Å². The number of amides is 1. The van der Waals surface area contributed by atoms with E-state index in [1.54, 1.807) is 60.5 Å². The van der Waals surface area contributed by atoms with Gasteiger partial charge in [0.2, 0.25) is 5.95 Å². The standard InChI is InChI=1S/C32H35F4N5O/c1-39(30(42)24-7-3-2-4-8-24)21-25(23-11-13-26(33)14-12-23)15-18-40-19-16-27(17-20-40)37-31-38-28-9-5-6-10-29(28)41(31)22-32(34,35)36/h2-14,25,27H,15-22H2,1H3,(H,37,38). The van der Waals surface area contributed by atoms with Gasteiger partial charge in [0.15, 0.2) is 0 Å². The first-order valence-electron chi connectivity index (χ1n) is 14.2. The molecular weight excluding hydrogens is 546 g/mol. The molecule has 0 aliphatic carbocycles. The number of aromatic nitrogens is 2. The van der Waals surface area contributed by atoms with Crippen LogP contribution in [0.5, 0.6) is 0 Å². The summed E-state index contributed by atoms with van der Waals surface area (Å²) in [5, 5.41) is 3.28. The van der Waals surface area contributed by atoms with Crippen LogP contribution in [0.15, 0.2) is 78.9 Å². The molecule has 0 spiro atoms. The molecule has 1 fully saturated rings. The zero-order chi connectivity index (χ0) is 29.7. The van der Waals surface area contributed by atoms with Crippen molar-refractivity contribution in [1.82, 2.24) is 19.4 Å². The lowest BCUT2D eigenvalue weighted by molar-refractivity contribution is -0.139. The van der Waals surface area contributed by atoms with Crippen molar-refractivity contribution >= 4 is 22.9 Å². The highest BCUT2D eigenvalue weighted by molar-refractivity contribution is 5.94. The molecule has 10 heteroatoms. The van der Waals surface area contributed by atoms with Gasteiger partial charge in [-0.3, -0.25) is 4.79 Å². The van der Waals surface area contributed by atoms with Gasteiger partial charge in [-0.1, -0.05) is 42.5 Å². The largest absolute Gasteiger partial charge is 0.406 e. The van der Waals surface area contributed by atoms with Gasteiger partial charge < -0.3 is 19.7 Å². The maximum Gasteiger partial charge on any atom is 0.406 e. The molecule has 6 nitrogen and oxygen atoms in total. The molecule has 3 aromatic carbocycles. The van der Waals surface area contributed by atoms with Crippen molar-refractivity contribution in [2.75, 3.05) is 38.5 Å². The number of carbonyl (C=O) groups is 1. The van der Waals surface area contributed by atoms with Gasteiger partial charge in [0.05, 0.1) is 11.0 Å². The van der Waals surface area contributed by atoms with Crippen LogP contribution in [0.25, 0.3) is 11.0 Å². The Morgan fingerprint density at radius 2 is 1.67 bits per heavy atom. The molecule has 0 radical (unpaired) electrons. The van der Waals surface area contributed by atoms with Crippen LogP contribution >= 0.6 is 0 Å². The van der Waals surface area contributed by atoms with Gasteiger partial charge in [0, 0.05) is 44.2 Å². The highest BCUT2D eigenvalue weighted by Gasteiger charge is 2.31. The zero-order valence-corrected chi connectivity index (χ0v) is 23.5. The van der Waals surface area contributed by atoms with Gasteiger partial charge in [-0.25, -0.2) is 9.37 Å². The van der Waals surface area contributed by atoms with Crippen LogP contribution in [0.1, 0.15) is 41.1 Å². The molecule has 1 aliphatic heterocycles. The minimum Gasteiger partial charge on any atom is -0.353 e. The maximum atomic E-state index is 13.7. The summed E-state index contributed by atoms with van der Waals surface area (Å²) in [5.41, 5.74) is 2.59. The Morgan fingerprint density at radius 3 is 2.36 bits per heavy atom. The minimum absolute atomic E-state index is 0.00701. The number of piperidine rings is 1. The van der Waals surface area contributed by atoms with Crippen LogP contribution in [-0.4, -0.2) is 70.7 Å². The summed E-state index contributed by atoms with van der Waals surface area (Å²) in [6, 6.07) is 22.5. The minimum atomic E-state index is -4.36. The van der Waals surface area contributed by atoms with Crippen molar-refractivity contribution in [1.29, 1.82) is 0 Å². The van der Waals surface area contributed by atoms with E-state index in [4.69, 9.17) is 0 Å². The van der Waals surface area contributed by atoms with Gasteiger partial charge in [-0.2, -0.15) is 13.2 Å². The molecule has 1 unspecified atom stereocenters. The van der Waals surface area contributed by atoms with Gasteiger partial charge in [0.1, 0.15) is 12.4 Å². The number of likely N-dealkylation sites (N-methyl/N-ethyl adjacent to an activating group) is 1. The first kappa shape index (κ1) is 29.6.